The van der Waals surface area contributed by atoms with Crippen LogP contribution in [0.2, 0.25) is 0 Å². The smallest absolute Gasteiger partial charge is 0.360 e. The predicted octanol–water partition coefficient (Wildman–Crippen LogP) is 0.591. The Morgan fingerprint density at radius 2 is 2.05 bits per heavy atom. The lowest BCUT2D eigenvalue weighted by Gasteiger charge is -2.08. The second-order valence-corrected chi connectivity index (χ2v) is 6.23. The summed E-state index contributed by atoms with van der Waals surface area (Å²) in [6.45, 7) is 5.81. The molecule has 3 N–H and O–H groups in total. The molecule has 0 bridgehead atoms. The minimum absolute atomic E-state index is 0.0110. The third-order valence-corrected chi connectivity index (χ3v) is 3.55. The molecule has 0 atom stereocenters. The Hall–Kier alpha value is -1.45. The van der Waals surface area contributed by atoms with E-state index in [-0.39, 0.29) is 29.9 Å². The number of primary sulfonamides is 1. The van der Waals surface area contributed by atoms with Crippen molar-refractivity contribution in [3.63, 3.8) is 0 Å². The SMILES string of the molecule is CCCc1[nH]nc(C(=O)OCCOC(C)C)c1S(N)(=O)=O. The Kier molecular flexibility index (Phi) is 6.31. The molecule has 0 aromatic carbocycles. The fraction of sp³-hybridized carbons (Fsp3) is 0.667. The Balaban J connectivity index is 2.85. The Labute approximate surface area is 124 Å². The number of nitrogens with two attached hydrogens (primary N) is 1. The number of H-pyrrole nitrogens is 1. The first kappa shape index (κ1) is 17.6. The van der Waals surface area contributed by atoms with E-state index in [0.29, 0.717) is 18.5 Å². The van der Waals surface area contributed by atoms with E-state index in [2.05, 4.69) is 10.2 Å². The van der Waals surface area contributed by atoms with E-state index in [1.165, 1.54) is 0 Å². The summed E-state index contributed by atoms with van der Waals surface area (Å²) in [5.74, 6) is -0.843. The highest BCUT2D eigenvalue weighted by Crippen LogP contribution is 2.19. The molecule has 0 aliphatic heterocycles. The average Bonchev–Trinajstić information content (AvgIpc) is 2.78. The van der Waals surface area contributed by atoms with Gasteiger partial charge in [-0.3, -0.25) is 5.10 Å². The molecule has 1 aromatic rings. The largest absolute Gasteiger partial charge is 0.458 e. The fourth-order valence-corrected chi connectivity index (χ4v) is 2.61. The predicted molar refractivity (Wildman–Crippen MR) is 75.3 cm³/mol. The van der Waals surface area contributed by atoms with Crippen LogP contribution in [0.15, 0.2) is 4.90 Å². The summed E-state index contributed by atoms with van der Waals surface area (Å²) in [7, 11) is -4.06. The Morgan fingerprint density at radius 3 is 2.57 bits per heavy atom. The zero-order chi connectivity index (χ0) is 16.0. The number of aromatic amines is 1. The standard InChI is InChI=1S/C12H21N3O5S/c1-4-5-9-11(21(13,17)18)10(15-14-9)12(16)20-7-6-19-8(2)3/h8H,4-7H2,1-3H3,(H,14,15)(H2,13,17,18). The normalized spacial score (nSPS) is 11.9. The van der Waals surface area contributed by atoms with Gasteiger partial charge in [0.1, 0.15) is 11.5 Å². The Morgan fingerprint density at radius 1 is 1.38 bits per heavy atom. The lowest BCUT2D eigenvalue weighted by atomic mass is 10.2. The van der Waals surface area contributed by atoms with Gasteiger partial charge in [-0.1, -0.05) is 13.3 Å². The molecule has 0 radical (unpaired) electrons. The van der Waals surface area contributed by atoms with Crippen molar-refractivity contribution in [3.05, 3.63) is 11.4 Å². The molecule has 0 aliphatic carbocycles. The van der Waals surface area contributed by atoms with Gasteiger partial charge in [0.05, 0.1) is 18.4 Å². The molecule has 0 fully saturated rings. The van der Waals surface area contributed by atoms with Gasteiger partial charge in [-0.25, -0.2) is 18.4 Å². The molecule has 0 amide bonds. The van der Waals surface area contributed by atoms with Crippen molar-refractivity contribution in [1.29, 1.82) is 0 Å². The fourth-order valence-electron chi connectivity index (χ4n) is 1.72. The summed E-state index contributed by atoms with van der Waals surface area (Å²) in [5.41, 5.74) is -0.00382. The molecule has 8 nitrogen and oxygen atoms in total. The van der Waals surface area contributed by atoms with Crippen LogP contribution in [-0.2, 0) is 25.9 Å². The monoisotopic (exact) mass is 319 g/mol. The summed E-state index contributed by atoms with van der Waals surface area (Å²) in [4.78, 5) is 11.6. The first-order chi connectivity index (χ1) is 9.77. The van der Waals surface area contributed by atoms with Crippen molar-refractivity contribution < 1.29 is 22.7 Å². The molecule has 21 heavy (non-hydrogen) atoms. The van der Waals surface area contributed by atoms with Crippen LogP contribution in [0.3, 0.4) is 0 Å². The molecule has 1 heterocycles. The summed E-state index contributed by atoms with van der Waals surface area (Å²) in [6.07, 6.45) is 1.12. The molecule has 0 saturated heterocycles. The average molecular weight is 319 g/mol. The van der Waals surface area contributed by atoms with Gasteiger partial charge in [0.2, 0.25) is 10.0 Å². The molecule has 1 aromatic heterocycles. The van der Waals surface area contributed by atoms with Crippen LogP contribution in [-0.4, -0.2) is 43.9 Å². The van der Waals surface area contributed by atoms with E-state index >= 15 is 0 Å². The number of esters is 1. The van der Waals surface area contributed by atoms with Crippen molar-refractivity contribution in [2.24, 2.45) is 5.14 Å². The minimum Gasteiger partial charge on any atom is -0.458 e. The molecule has 0 unspecified atom stereocenters. The highest BCUT2D eigenvalue weighted by molar-refractivity contribution is 7.89. The molecule has 9 heteroatoms. The van der Waals surface area contributed by atoms with E-state index in [4.69, 9.17) is 14.6 Å². The molecule has 0 saturated carbocycles. The topological polar surface area (TPSA) is 124 Å². The van der Waals surface area contributed by atoms with Crippen LogP contribution < -0.4 is 5.14 Å². The van der Waals surface area contributed by atoms with Gasteiger partial charge >= 0.3 is 5.97 Å². The number of hydrogen-bond donors (Lipinski definition) is 2. The lowest BCUT2D eigenvalue weighted by molar-refractivity contribution is 0.0170. The van der Waals surface area contributed by atoms with Crippen LogP contribution in [0.5, 0.6) is 0 Å². The van der Waals surface area contributed by atoms with E-state index < -0.39 is 16.0 Å². The molecular formula is C12H21N3O5S. The zero-order valence-corrected chi connectivity index (χ0v) is 13.2. The van der Waals surface area contributed by atoms with Gasteiger partial charge in [-0.2, -0.15) is 5.10 Å². The number of aromatic nitrogens is 2. The third kappa shape index (κ3) is 5.10. The highest BCUT2D eigenvalue weighted by Gasteiger charge is 2.28. The number of hydrogen-bond acceptors (Lipinski definition) is 6. The Bertz CT molecular complexity index is 580. The van der Waals surface area contributed by atoms with Crippen molar-refractivity contribution in [1.82, 2.24) is 10.2 Å². The maximum atomic E-state index is 11.9. The van der Waals surface area contributed by atoms with Gasteiger partial charge in [0, 0.05) is 0 Å². The van der Waals surface area contributed by atoms with E-state index in [0.717, 1.165) is 0 Å². The van der Waals surface area contributed by atoms with E-state index in [1.54, 1.807) is 0 Å². The van der Waals surface area contributed by atoms with Crippen LogP contribution in [0.1, 0.15) is 43.4 Å². The third-order valence-electron chi connectivity index (χ3n) is 2.54. The summed E-state index contributed by atoms with van der Waals surface area (Å²) in [6, 6.07) is 0. The number of carbonyl (C=O) groups is 1. The van der Waals surface area contributed by atoms with Crippen LogP contribution in [0.25, 0.3) is 0 Å². The second kappa shape index (κ2) is 7.53. The maximum absolute atomic E-state index is 11.9. The van der Waals surface area contributed by atoms with Crippen molar-refractivity contribution in [3.8, 4) is 0 Å². The molecule has 0 spiro atoms. The number of ether oxygens (including phenoxy) is 2. The molecular weight excluding hydrogens is 298 g/mol. The van der Waals surface area contributed by atoms with Crippen molar-refractivity contribution in [2.75, 3.05) is 13.2 Å². The van der Waals surface area contributed by atoms with E-state index in [9.17, 15) is 13.2 Å². The summed E-state index contributed by atoms with van der Waals surface area (Å²) < 4.78 is 33.4. The van der Waals surface area contributed by atoms with Gasteiger partial charge in [0.25, 0.3) is 0 Å². The van der Waals surface area contributed by atoms with Gasteiger partial charge in [-0.05, 0) is 20.3 Å². The number of rotatable bonds is 8. The number of aryl methyl sites for hydroxylation is 1. The maximum Gasteiger partial charge on any atom is 0.360 e. The zero-order valence-electron chi connectivity index (χ0n) is 12.4. The number of nitrogens with one attached hydrogen (secondary N) is 1. The quantitative estimate of drug-likeness (QED) is 0.534. The number of carbonyl (C=O) groups excluding carboxylic acids is 1. The molecule has 0 aliphatic rings. The lowest BCUT2D eigenvalue weighted by Crippen LogP contribution is -2.20. The number of nitrogens with zero attached hydrogens (tertiary/aromatic N) is 1. The van der Waals surface area contributed by atoms with Crippen LogP contribution in [0.4, 0.5) is 0 Å². The van der Waals surface area contributed by atoms with Crippen molar-refractivity contribution in [2.45, 2.75) is 44.6 Å². The van der Waals surface area contributed by atoms with Gasteiger partial charge < -0.3 is 9.47 Å². The highest BCUT2D eigenvalue weighted by atomic mass is 32.2. The van der Waals surface area contributed by atoms with Crippen LogP contribution >= 0.6 is 0 Å². The number of sulfonamides is 1. The van der Waals surface area contributed by atoms with Crippen molar-refractivity contribution >= 4 is 16.0 Å². The first-order valence-corrected chi connectivity index (χ1v) is 8.20. The summed E-state index contributed by atoms with van der Waals surface area (Å²) >= 11 is 0. The molecule has 1 rings (SSSR count). The first-order valence-electron chi connectivity index (χ1n) is 6.66. The molecule has 120 valence electrons. The van der Waals surface area contributed by atoms with E-state index in [1.807, 2.05) is 20.8 Å². The second-order valence-electron chi connectivity index (χ2n) is 4.73. The van der Waals surface area contributed by atoms with Gasteiger partial charge in [0.15, 0.2) is 5.69 Å². The van der Waals surface area contributed by atoms with Crippen LogP contribution in [0, 0.1) is 0 Å². The minimum atomic E-state index is -4.06. The van der Waals surface area contributed by atoms with Gasteiger partial charge in [-0.15, -0.1) is 0 Å². The summed E-state index contributed by atoms with van der Waals surface area (Å²) in [5, 5.41) is 11.4.